The lowest BCUT2D eigenvalue weighted by molar-refractivity contribution is 0.0844. The summed E-state index contributed by atoms with van der Waals surface area (Å²) >= 11 is 0. The number of hydrogen-bond acceptors (Lipinski definition) is 2. The van der Waals surface area contributed by atoms with Crippen LogP contribution in [0.15, 0.2) is 12.3 Å². The van der Waals surface area contributed by atoms with Gasteiger partial charge in [-0.2, -0.15) is 5.10 Å². The van der Waals surface area contributed by atoms with Gasteiger partial charge in [0.2, 0.25) is 0 Å². The van der Waals surface area contributed by atoms with Crippen molar-refractivity contribution in [2.24, 2.45) is 0 Å². The zero-order chi connectivity index (χ0) is 11.8. The van der Waals surface area contributed by atoms with Crippen molar-refractivity contribution in [3.05, 3.63) is 18.0 Å². The molecule has 0 bridgehead atoms. The number of carbonyl (C=O) groups is 1. The minimum absolute atomic E-state index is 0.00130. The van der Waals surface area contributed by atoms with E-state index in [9.17, 15) is 4.79 Å². The highest BCUT2D eigenvalue weighted by Crippen LogP contribution is 2.31. The monoisotopic (exact) mass is 221 g/mol. The lowest BCUT2D eigenvalue weighted by Crippen LogP contribution is -2.51. The van der Waals surface area contributed by atoms with E-state index in [-0.39, 0.29) is 11.4 Å². The van der Waals surface area contributed by atoms with E-state index in [0.717, 1.165) is 12.8 Å². The standard InChI is InChI=1S/C12H19N3O/c1-9(2)15-8-5-10(14-15)11(16)13-12(3)6-4-7-12/h5,8-9H,4,6-7H2,1-3H3,(H,13,16). The molecule has 1 aliphatic carbocycles. The molecule has 1 amide bonds. The molecule has 0 atom stereocenters. The normalized spacial score (nSPS) is 18.2. The van der Waals surface area contributed by atoms with Crippen molar-refractivity contribution < 1.29 is 4.79 Å². The van der Waals surface area contributed by atoms with Crippen molar-refractivity contribution in [2.45, 2.75) is 51.6 Å². The molecule has 1 N–H and O–H groups in total. The smallest absolute Gasteiger partial charge is 0.272 e. The van der Waals surface area contributed by atoms with E-state index in [1.54, 1.807) is 10.7 Å². The van der Waals surface area contributed by atoms with Gasteiger partial charge in [0.1, 0.15) is 5.69 Å². The quantitative estimate of drug-likeness (QED) is 0.850. The molecule has 0 unspecified atom stereocenters. The van der Waals surface area contributed by atoms with Crippen LogP contribution in [0.3, 0.4) is 0 Å². The van der Waals surface area contributed by atoms with Gasteiger partial charge in [0.25, 0.3) is 5.91 Å². The van der Waals surface area contributed by atoms with E-state index in [1.807, 2.05) is 20.0 Å². The van der Waals surface area contributed by atoms with Gasteiger partial charge in [0.15, 0.2) is 0 Å². The van der Waals surface area contributed by atoms with Crippen LogP contribution in [0.4, 0.5) is 0 Å². The Morgan fingerprint density at radius 3 is 2.69 bits per heavy atom. The summed E-state index contributed by atoms with van der Waals surface area (Å²) in [4.78, 5) is 11.9. The Kier molecular flexibility index (Phi) is 2.74. The average Bonchev–Trinajstić information content (AvgIpc) is 2.64. The SMILES string of the molecule is CC(C)n1ccc(C(=O)NC2(C)CCC2)n1. The molecule has 0 aromatic carbocycles. The van der Waals surface area contributed by atoms with Crippen LogP contribution in [-0.4, -0.2) is 21.2 Å². The first kappa shape index (κ1) is 11.2. The lowest BCUT2D eigenvalue weighted by Gasteiger charge is -2.38. The molecule has 0 aliphatic heterocycles. The van der Waals surface area contributed by atoms with Crippen molar-refractivity contribution >= 4 is 5.91 Å². The predicted octanol–water partition coefficient (Wildman–Crippen LogP) is 2.14. The summed E-state index contributed by atoms with van der Waals surface area (Å²) in [6.45, 7) is 6.18. The van der Waals surface area contributed by atoms with Crippen LogP contribution in [0.5, 0.6) is 0 Å². The second-order valence-corrected chi connectivity index (χ2v) is 5.14. The van der Waals surface area contributed by atoms with Crippen molar-refractivity contribution in [3.63, 3.8) is 0 Å². The molecule has 16 heavy (non-hydrogen) atoms. The Morgan fingerprint density at radius 1 is 1.56 bits per heavy atom. The van der Waals surface area contributed by atoms with Crippen molar-refractivity contribution in [3.8, 4) is 0 Å². The van der Waals surface area contributed by atoms with Gasteiger partial charge in [-0.1, -0.05) is 0 Å². The maximum atomic E-state index is 11.9. The maximum Gasteiger partial charge on any atom is 0.272 e. The predicted molar refractivity (Wildman–Crippen MR) is 62.3 cm³/mol. The summed E-state index contributed by atoms with van der Waals surface area (Å²) in [7, 11) is 0. The van der Waals surface area contributed by atoms with Gasteiger partial charge in [0, 0.05) is 17.8 Å². The molecule has 1 fully saturated rings. The summed E-state index contributed by atoms with van der Waals surface area (Å²) in [6.07, 6.45) is 5.20. The third kappa shape index (κ3) is 2.10. The van der Waals surface area contributed by atoms with Gasteiger partial charge in [-0.25, -0.2) is 0 Å². The molecule has 0 radical (unpaired) electrons. The second-order valence-electron chi connectivity index (χ2n) is 5.14. The van der Waals surface area contributed by atoms with Crippen LogP contribution in [0.2, 0.25) is 0 Å². The molecule has 88 valence electrons. The van der Waals surface area contributed by atoms with E-state index < -0.39 is 0 Å². The largest absolute Gasteiger partial charge is 0.345 e. The fraction of sp³-hybridized carbons (Fsp3) is 0.667. The van der Waals surface area contributed by atoms with E-state index in [2.05, 4.69) is 17.3 Å². The highest BCUT2D eigenvalue weighted by molar-refractivity contribution is 5.92. The molecule has 0 spiro atoms. The molecule has 1 saturated carbocycles. The number of aromatic nitrogens is 2. The molecule has 0 saturated heterocycles. The van der Waals surface area contributed by atoms with Crippen LogP contribution in [0.25, 0.3) is 0 Å². The van der Waals surface area contributed by atoms with Crippen molar-refractivity contribution in [1.82, 2.24) is 15.1 Å². The minimum atomic E-state index is -0.0541. The summed E-state index contributed by atoms with van der Waals surface area (Å²) in [5, 5.41) is 7.30. The fourth-order valence-corrected chi connectivity index (χ4v) is 1.92. The number of amides is 1. The van der Waals surface area contributed by atoms with Gasteiger partial charge >= 0.3 is 0 Å². The Morgan fingerprint density at radius 2 is 2.25 bits per heavy atom. The van der Waals surface area contributed by atoms with Crippen LogP contribution in [-0.2, 0) is 0 Å². The number of nitrogens with zero attached hydrogens (tertiary/aromatic N) is 2. The summed E-state index contributed by atoms with van der Waals surface area (Å²) < 4.78 is 1.80. The molecule has 4 heteroatoms. The van der Waals surface area contributed by atoms with Gasteiger partial charge in [-0.3, -0.25) is 9.48 Å². The second kappa shape index (κ2) is 3.92. The van der Waals surface area contributed by atoms with E-state index >= 15 is 0 Å². The Labute approximate surface area is 96.0 Å². The third-order valence-electron chi connectivity index (χ3n) is 3.24. The molecule has 1 aromatic rings. The summed E-state index contributed by atoms with van der Waals surface area (Å²) in [6, 6.07) is 2.07. The first-order valence-electron chi connectivity index (χ1n) is 5.88. The molecule has 1 aliphatic rings. The van der Waals surface area contributed by atoms with Crippen LogP contribution in [0.1, 0.15) is 56.6 Å². The zero-order valence-electron chi connectivity index (χ0n) is 10.2. The molecule has 4 nitrogen and oxygen atoms in total. The minimum Gasteiger partial charge on any atom is -0.345 e. The fourth-order valence-electron chi connectivity index (χ4n) is 1.92. The Balaban J connectivity index is 2.03. The Hall–Kier alpha value is -1.32. The van der Waals surface area contributed by atoms with Crippen molar-refractivity contribution in [1.29, 1.82) is 0 Å². The number of carbonyl (C=O) groups excluding carboxylic acids is 1. The van der Waals surface area contributed by atoms with E-state index in [0.29, 0.717) is 11.7 Å². The summed E-state index contributed by atoms with van der Waals surface area (Å²) in [5.74, 6) is -0.0541. The molecular weight excluding hydrogens is 202 g/mol. The molecule has 1 aromatic heterocycles. The first-order valence-corrected chi connectivity index (χ1v) is 5.88. The number of hydrogen-bond donors (Lipinski definition) is 1. The van der Waals surface area contributed by atoms with Crippen LogP contribution < -0.4 is 5.32 Å². The zero-order valence-corrected chi connectivity index (χ0v) is 10.2. The van der Waals surface area contributed by atoms with Gasteiger partial charge in [-0.05, 0) is 46.1 Å². The van der Waals surface area contributed by atoms with E-state index in [4.69, 9.17) is 0 Å². The van der Waals surface area contributed by atoms with Gasteiger partial charge < -0.3 is 5.32 Å². The Bertz CT molecular complexity index is 391. The molecule has 2 rings (SSSR count). The number of rotatable bonds is 3. The highest BCUT2D eigenvalue weighted by Gasteiger charge is 2.33. The first-order chi connectivity index (χ1) is 7.50. The van der Waals surface area contributed by atoms with E-state index in [1.165, 1.54) is 6.42 Å². The maximum absolute atomic E-state index is 11.9. The topological polar surface area (TPSA) is 46.9 Å². The lowest BCUT2D eigenvalue weighted by atomic mass is 9.78. The highest BCUT2D eigenvalue weighted by atomic mass is 16.2. The van der Waals surface area contributed by atoms with Crippen LogP contribution in [0, 0.1) is 0 Å². The number of nitrogens with one attached hydrogen (secondary N) is 1. The average molecular weight is 221 g/mol. The van der Waals surface area contributed by atoms with Gasteiger partial charge in [0.05, 0.1) is 0 Å². The molecular formula is C12H19N3O. The third-order valence-corrected chi connectivity index (χ3v) is 3.24. The summed E-state index contributed by atoms with van der Waals surface area (Å²) in [5.41, 5.74) is 0.514. The van der Waals surface area contributed by atoms with Crippen molar-refractivity contribution in [2.75, 3.05) is 0 Å². The van der Waals surface area contributed by atoms with Gasteiger partial charge in [-0.15, -0.1) is 0 Å². The van der Waals surface area contributed by atoms with Crippen LogP contribution >= 0.6 is 0 Å². The molecule has 1 heterocycles.